The van der Waals surface area contributed by atoms with E-state index in [9.17, 15) is 4.79 Å². The highest BCUT2D eigenvalue weighted by molar-refractivity contribution is 7.80. The second-order valence-electron chi connectivity index (χ2n) is 7.57. The minimum absolute atomic E-state index is 0.112. The second-order valence-corrected chi connectivity index (χ2v) is 8.36. The number of halogens is 1. The van der Waals surface area contributed by atoms with Crippen LogP contribution in [0.1, 0.15) is 30.5 Å². The van der Waals surface area contributed by atoms with Crippen molar-refractivity contribution in [2.75, 3.05) is 13.7 Å². The van der Waals surface area contributed by atoms with Crippen molar-refractivity contribution in [1.82, 2.24) is 10.2 Å². The van der Waals surface area contributed by atoms with Crippen LogP contribution in [0.2, 0.25) is 5.02 Å². The fraction of sp³-hybridized carbons (Fsp3) is 0.304. The van der Waals surface area contributed by atoms with Crippen LogP contribution in [0.4, 0.5) is 0 Å². The van der Waals surface area contributed by atoms with Crippen LogP contribution in [-0.4, -0.2) is 29.6 Å². The Morgan fingerprint density at radius 2 is 2.00 bits per heavy atom. The third-order valence-electron chi connectivity index (χ3n) is 4.65. The van der Waals surface area contributed by atoms with Crippen molar-refractivity contribution in [2.24, 2.45) is 5.92 Å². The Morgan fingerprint density at radius 1 is 1.23 bits per heavy atom. The highest BCUT2D eigenvalue weighted by Crippen LogP contribution is 2.26. The molecule has 0 radical (unpaired) electrons. The summed E-state index contributed by atoms with van der Waals surface area (Å²) >= 11 is 11.4. The summed E-state index contributed by atoms with van der Waals surface area (Å²) in [4.78, 5) is 14.3. The summed E-state index contributed by atoms with van der Waals surface area (Å²) in [5, 5.41) is 4.16. The number of carbonyl (C=O) groups excluding carboxylic acids is 1. The number of carbonyl (C=O) groups is 1. The van der Waals surface area contributed by atoms with Gasteiger partial charge >= 0.3 is 0 Å². The van der Waals surface area contributed by atoms with E-state index in [1.54, 1.807) is 18.1 Å². The molecule has 158 valence electrons. The standard InChI is InChI=1S/C23H25ClN2O3S/c1-14(2)12-26-22(27)20(25-23(26)30)11-16-5-8-21(28-4)17(10-16)13-29-18-6-7-19(24)15(3)9-18/h5-11,14H,12-13H2,1-4H3,(H,25,30)/b20-11+. The van der Waals surface area contributed by atoms with Crippen molar-refractivity contribution in [2.45, 2.75) is 27.4 Å². The van der Waals surface area contributed by atoms with Crippen LogP contribution in [0, 0.1) is 12.8 Å². The maximum atomic E-state index is 12.7. The van der Waals surface area contributed by atoms with E-state index in [0.29, 0.717) is 40.7 Å². The lowest BCUT2D eigenvalue weighted by Crippen LogP contribution is -2.33. The van der Waals surface area contributed by atoms with Crippen LogP contribution >= 0.6 is 23.8 Å². The molecule has 2 aromatic carbocycles. The molecule has 1 aliphatic rings. The molecule has 1 fully saturated rings. The molecule has 5 nitrogen and oxygen atoms in total. The zero-order valence-corrected chi connectivity index (χ0v) is 19.1. The van der Waals surface area contributed by atoms with Gasteiger partial charge in [0.25, 0.3) is 5.91 Å². The number of nitrogens with zero attached hydrogens (tertiary/aromatic N) is 1. The first-order valence-electron chi connectivity index (χ1n) is 9.69. The summed E-state index contributed by atoms with van der Waals surface area (Å²) in [6, 6.07) is 11.2. The molecule has 0 spiro atoms. The quantitative estimate of drug-likeness (QED) is 0.483. The third-order valence-corrected chi connectivity index (χ3v) is 5.40. The van der Waals surface area contributed by atoms with Crippen LogP contribution < -0.4 is 14.8 Å². The highest BCUT2D eigenvalue weighted by atomic mass is 35.5. The van der Waals surface area contributed by atoms with E-state index < -0.39 is 0 Å². The molecule has 1 heterocycles. The van der Waals surface area contributed by atoms with E-state index in [1.807, 2.05) is 43.3 Å². The molecule has 0 atom stereocenters. The Bertz CT molecular complexity index is 1000. The molecule has 0 unspecified atom stereocenters. The maximum Gasteiger partial charge on any atom is 0.276 e. The number of thiocarbonyl (C=S) groups is 1. The Morgan fingerprint density at radius 3 is 2.67 bits per heavy atom. The molecule has 3 rings (SSSR count). The van der Waals surface area contributed by atoms with Crippen LogP contribution in [0.5, 0.6) is 11.5 Å². The third kappa shape index (κ3) is 5.12. The molecule has 1 amide bonds. The maximum absolute atomic E-state index is 12.7. The van der Waals surface area contributed by atoms with Crippen molar-refractivity contribution in [3.8, 4) is 11.5 Å². The summed E-state index contributed by atoms with van der Waals surface area (Å²) in [6.45, 7) is 6.94. The second kappa shape index (κ2) is 9.49. The van der Waals surface area contributed by atoms with E-state index in [2.05, 4.69) is 19.2 Å². The Labute approximate surface area is 187 Å². The Balaban J connectivity index is 1.80. The van der Waals surface area contributed by atoms with Gasteiger partial charge in [0, 0.05) is 17.1 Å². The molecule has 0 aliphatic carbocycles. The lowest BCUT2D eigenvalue weighted by Gasteiger charge is -2.16. The van der Waals surface area contributed by atoms with Crippen LogP contribution in [0.15, 0.2) is 42.1 Å². The smallest absolute Gasteiger partial charge is 0.276 e. The number of amides is 1. The van der Waals surface area contributed by atoms with E-state index >= 15 is 0 Å². The molecule has 7 heteroatoms. The van der Waals surface area contributed by atoms with Gasteiger partial charge in [-0.1, -0.05) is 31.5 Å². The predicted octanol–water partition coefficient (Wildman–Crippen LogP) is 4.95. The van der Waals surface area contributed by atoms with Crippen molar-refractivity contribution < 1.29 is 14.3 Å². The number of ether oxygens (including phenoxy) is 2. The van der Waals surface area contributed by atoms with Gasteiger partial charge in [-0.3, -0.25) is 9.69 Å². The van der Waals surface area contributed by atoms with Gasteiger partial charge in [0.1, 0.15) is 23.8 Å². The number of nitrogens with one attached hydrogen (secondary N) is 1. The van der Waals surface area contributed by atoms with E-state index in [-0.39, 0.29) is 5.91 Å². The molecule has 1 aliphatic heterocycles. The van der Waals surface area contributed by atoms with Gasteiger partial charge in [-0.05, 0) is 72.6 Å². The van der Waals surface area contributed by atoms with Gasteiger partial charge in [0.15, 0.2) is 5.11 Å². The van der Waals surface area contributed by atoms with E-state index in [0.717, 1.165) is 22.4 Å². The first-order chi connectivity index (χ1) is 14.3. The largest absolute Gasteiger partial charge is 0.496 e. The summed E-state index contributed by atoms with van der Waals surface area (Å²) in [5.41, 5.74) is 3.14. The molecule has 2 aromatic rings. The van der Waals surface area contributed by atoms with E-state index in [4.69, 9.17) is 33.3 Å². The predicted molar refractivity (Wildman–Crippen MR) is 124 cm³/mol. The fourth-order valence-electron chi connectivity index (χ4n) is 3.14. The number of rotatable bonds is 7. The van der Waals surface area contributed by atoms with Gasteiger partial charge in [0.05, 0.1) is 7.11 Å². The summed E-state index contributed by atoms with van der Waals surface area (Å²) in [5.74, 6) is 1.66. The van der Waals surface area contributed by atoms with Gasteiger partial charge in [-0.2, -0.15) is 0 Å². The molecular formula is C23H25ClN2O3S. The minimum atomic E-state index is -0.112. The monoisotopic (exact) mass is 444 g/mol. The molecular weight excluding hydrogens is 420 g/mol. The number of hydrogen-bond donors (Lipinski definition) is 1. The lowest BCUT2D eigenvalue weighted by molar-refractivity contribution is -0.122. The van der Waals surface area contributed by atoms with Crippen LogP contribution in [-0.2, 0) is 11.4 Å². The topological polar surface area (TPSA) is 50.8 Å². The van der Waals surface area contributed by atoms with Crippen molar-refractivity contribution in [3.05, 3.63) is 63.8 Å². The first-order valence-corrected chi connectivity index (χ1v) is 10.5. The Kier molecular flexibility index (Phi) is 7.00. The molecule has 1 saturated heterocycles. The lowest BCUT2D eigenvalue weighted by atomic mass is 10.1. The molecule has 0 saturated carbocycles. The molecule has 30 heavy (non-hydrogen) atoms. The first kappa shape index (κ1) is 22.1. The van der Waals surface area contributed by atoms with Crippen molar-refractivity contribution in [1.29, 1.82) is 0 Å². The average Bonchev–Trinajstić information content (AvgIpc) is 2.96. The molecule has 1 N–H and O–H groups in total. The molecule has 0 bridgehead atoms. The number of hydrogen-bond acceptors (Lipinski definition) is 4. The van der Waals surface area contributed by atoms with Gasteiger partial charge < -0.3 is 14.8 Å². The zero-order valence-electron chi connectivity index (χ0n) is 17.5. The minimum Gasteiger partial charge on any atom is -0.496 e. The van der Waals surface area contributed by atoms with Crippen LogP contribution in [0.3, 0.4) is 0 Å². The van der Waals surface area contributed by atoms with Gasteiger partial charge in [0.2, 0.25) is 0 Å². The zero-order chi connectivity index (χ0) is 21.8. The van der Waals surface area contributed by atoms with E-state index in [1.165, 1.54) is 0 Å². The fourth-order valence-corrected chi connectivity index (χ4v) is 3.52. The summed E-state index contributed by atoms with van der Waals surface area (Å²) < 4.78 is 11.4. The number of benzene rings is 2. The van der Waals surface area contributed by atoms with Gasteiger partial charge in [-0.15, -0.1) is 0 Å². The average molecular weight is 445 g/mol. The Hall–Kier alpha value is -2.57. The van der Waals surface area contributed by atoms with Gasteiger partial charge in [-0.25, -0.2) is 0 Å². The number of aryl methyl sites for hydroxylation is 1. The normalized spacial score (nSPS) is 15.1. The van der Waals surface area contributed by atoms with Crippen molar-refractivity contribution in [3.63, 3.8) is 0 Å². The highest BCUT2D eigenvalue weighted by Gasteiger charge is 2.30. The SMILES string of the molecule is COc1ccc(/C=C2/NC(=S)N(CC(C)C)C2=O)cc1COc1ccc(Cl)c(C)c1. The summed E-state index contributed by atoms with van der Waals surface area (Å²) in [7, 11) is 1.62. The number of methoxy groups -OCH3 is 1. The summed E-state index contributed by atoms with van der Waals surface area (Å²) in [6.07, 6.45) is 1.80. The molecule has 0 aromatic heterocycles. The van der Waals surface area contributed by atoms with Crippen LogP contribution in [0.25, 0.3) is 6.08 Å². The van der Waals surface area contributed by atoms with Crippen molar-refractivity contribution >= 4 is 40.9 Å².